The van der Waals surface area contributed by atoms with E-state index in [9.17, 15) is 9.59 Å². The van der Waals surface area contributed by atoms with Crippen LogP contribution in [0.15, 0.2) is 41.3 Å². The fraction of sp³-hybridized carbons (Fsp3) is 0.0769. The third-order valence-electron chi connectivity index (χ3n) is 2.52. The van der Waals surface area contributed by atoms with Gasteiger partial charge in [-0.05, 0) is 24.3 Å². The molecule has 6 heteroatoms. The molecule has 0 aliphatic rings. The largest absolute Gasteiger partial charge is 0.480 e. The van der Waals surface area contributed by atoms with Gasteiger partial charge in [0.15, 0.2) is 0 Å². The molecule has 0 aromatic carbocycles. The number of aliphatic carboxylic acids is 1. The maximum absolute atomic E-state index is 12.0. The molecular weight excluding hydrogens is 246 g/mol. The highest BCUT2D eigenvalue weighted by atomic mass is 16.4. The Morgan fingerprint density at radius 3 is 2.74 bits per heavy atom. The van der Waals surface area contributed by atoms with E-state index in [1.165, 1.54) is 12.1 Å². The molecule has 2 aromatic rings. The quantitative estimate of drug-likeness (QED) is 0.877. The molecule has 0 aliphatic carbocycles. The number of nitrogens with zero attached hydrogens (tertiary/aromatic N) is 3. The molecule has 0 bridgehead atoms. The first-order valence-corrected chi connectivity index (χ1v) is 5.40. The van der Waals surface area contributed by atoms with E-state index in [0.29, 0.717) is 11.4 Å². The van der Waals surface area contributed by atoms with Gasteiger partial charge in [0.25, 0.3) is 5.56 Å². The van der Waals surface area contributed by atoms with Gasteiger partial charge in [-0.2, -0.15) is 5.26 Å². The summed E-state index contributed by atoms with van der Waals surface area (Å²) in [7, 11) is 0. The summed E-state index contributed by atoms with van der Waals surface area (Å²) in [6, 6.07) is 9.74. The maximum atomic E-state index is 12.0. The first-order valence-electron chi connectivity index (χ1n) is 5.40. The number of aromatic nitrogens is 2. The number of nitriles is 1. The van der Waals surface area contributed by atoms with Crippen molar-refractivity contribution < 1.29 is 9.90 Å². The molecule has 0 aliphatic heterocycles. The van der Waals surface area contributed by atoms with Crippen molar-refractivity contribution in [3.8, 4) is 17.5 Å². The zero-order chi connectivity index (χ0) is 13.8. The number of carboxylic acids is 1. The Morgan fingerprint density at radius 2 is 2.16 bits per heavy atom. The summed E-state index contributed by atoms with van der Waals surface area (Å²) < 4.78 is 1.03. The Morgan fingerprint density at radius 1 is 1.37 bits per heavy atom. The van der Waals surface area contributed by atoms with Gasteiger partial charge in [0.05, 0.1) is 11.4 Å². The summed E-state index contributed by atoms with van der Waals surface area (Å²) in [5.74, 6) is -1.16. The van der Waals surface area contributed by atoms with Crippen molar-refractivity contribution in [1.82, 2.24) is 9.55 Å². The van der Waals surface area contributed by atoms with Gasteiger partial charge in [-0.3, -0.25) is 19.1 Å². The van der Waals surface area contributed by atoms with Crippen LogP contribution in [-0.4, -0.2) is 20.6 Å². The van der Waals surface area contributed by atoms with Crippen molar-refractivity contribution in [2.45, 2.75) is 6.54 Å². The van der Waals surface area contributed by atoms with Gasteiger partial charge in [0.1, 0.15) is 18.2 Å². The van der Waals surface area contributed by atoms with Crippen molar-refractivity contribution in [1.29, 1.82) is 5.26 Å². The van der Waals surface area contributed by atoms with Crippen LogP contribution in [0.4, 0.5) is 0 Å². The monoisotopic (exact) mass is 255 g/mol. The van der Waals surface area contributed by atoms with Gasteiger partial charge < -0.3 is 5.11 Å². The molecule has 94 valence electrons. The summed E-state index contributed by atoms with van der Waals surface area (Å²) in [6.45, 7) is -0.514. The van der Waals surface area contributed by atoms with Gasteiger partial charge in [0.2, 0.25) is 0 Å². The van der Waals surface area contributed by atoms with Crippen molar-refractivity contribution in [3.05, 3.63) is 52.4 Å². The molecular formula is C13H9N3O3. The van der Waals surface area contributed by atoms with Gasteiger partial charge in [0, 0.05) is 6.20 Å². The third kappa shape index (κ3) is 2.50. The highest BCUT2D eigenvalue weighted by Gasteiger charge is 2.13. The first-order chi connectivity index (χ1) is 9.13. The van der Waals surface area contributed by atoms with E-state index in [1.807, 2.05) is 0 Å². The minimum atomic E-state index is -1.16. The molecule has 0 saturated heterocycles. The third-order valence-corrected chi connectivity index (χ3v) is 2.52. The van der Waals surface area contributed by atoms with Gasteiger partial charge in [-0.25, -0.2) is 0 Å². The summed E-state index contributed by atoms with van der Waals surface area (Å²) in [5, 5.41) is 17.7. The van der Waals surface area contributed by atoms with E-state index in [1.54, 1.807) is 30.5 Å². The average Bonchev–Trinajstić information content (AvgIpc) is 2.41. The molecule has 6 nitrogen and oxygen atoms in total. The first kappa shape index (κ1) is 12.5. The Hall–Kier alpha value is -2.94. The Labute approximate surface area is 108 Å². The number of hydrogen-bond donors (Lipinski definition) is 1. The lowest BCUT2D eigenvalue weighted by Crippen LogP contribution is -2.27. The van der Waals surface area contributed by atoms with Crippen molar-refractivity contribution in [3.63, 3.8) is 0 Å². The van der Waals surface area contributed by atoms with E-state index in [0.717, 1.165) is 4.57 Å². The Bertz CT molecular complexity index is 714. The Kier molecular flexibility index (Phi) is 3.39. The van der Waals surface area contributed by atoms with Gasteiger partial charge >= 0.3 is 5.97 Å². The summed E-state index contributed by atoms with van der Waals surface area (Å²) in [5.41, 5.74) is 0.117. The van der Waals surface area contributed by atoms with Gasteiger partial charge in [-0.15, -0.1) is 0 Å². The molecule has 0 spiro atoms. The van der Waals surface area contributed by atoms with Crippen molar-refractivity contribution >= 4 is 5.97 Å². The number of pyridine rings is 2. The highest BCUT2D eigenvalue weighted by Crippen LogP contribution is 2.15. The second-order valence-corrected chi connectivity index (χ2v) is 3.74. The summed E-state index contributed by atoms with van der Waals surface area (Å²) >= 11 is 0. The lowest BCUT2D eigenvalue weighted by Gasteiger charge is -2.10. The van der Waals surface area contributed by atoms with E-state index in [2.05, 4.69) is 4.98 Å². The predicted molar refractivity (Wildman–Crippen MR) is 66.3 cm³/mol. The van der Waals surface area contributed by atoms with Crippen LogP contribution in [0.3, 0.4) is 0 Å². The van der Waals surface area contributed by atoms with Gasteiger partial charge in [-0.1, -0.05) is 6.07 Å². The lowest BCUT2D eigenvalue weighted by atomic mass is 10.2. The molecule has 0 fully saturated rings. The summed E-state index contributed by atoms with van der Waals surface area (Å²) in [4.78, 5) is 26.9. The number of carbonyl (C=O) groups is 1. The van der Waals surface area contributed by atoms with Crippen LogP contribution in [-0.2, 0) is 11.3 Å². The van der Waals surface area contributed by atoms with Crippen LogP contribution in [0.1, 0.15) is 5.56 Å². The van der Waals surface area contributed by atoms with Crippen LogP contribution in [0.2, 0.25) is 0 Å². The normalized spacial score (nSPS) is 9.84. The zero-order valence-corrected chi connectivity index (χ0v) is 9.78. The molecule has 2 rings (SSSR count). The summed E-state index contributed by atoms with van der Waals surface area (Å²) in [6.07, 6.45) is 1.54. The van der Waals surface area contributed by atoms with Crippen molar-refractivity contribution in [2.75, 3.05) is 0 Å². The lowest BCUT2D eigenvalue weighted by molar-refractivity contribution is -0.137. The van der Waals surface area contributed by atoms with Crippen LogP contribution >= 0.6 is 0 Å². The molecule has 19 heavy (non-hydrogen) atoms. The minimum absolute atomic E-state index is 0.0964. The molecule has 0 radical (unpaired) electrons. The SMILES string of the molecule is N#Cc1ccc(-c2ccccn2)n(CC(=O)O)c1=O. The molecule has 0 atom stereocenters. The van der Waals surface area contributed by atoms with Crippen LogP contribution in [0.5, 0.6) is 0 Å². The zero-order valence-electron chi connectivity index (χ0n) is 9.78. The minimum Gasteiger partial charge on any atom is -0.480 e. The van der Waals surface area contributed by atoms with E-state index in [4.69, 9.17) is 10.4 Å². The molecule has 0 saturated carbocycles. The molecule has 0 unspecified atom stereocenters. The van der Waals surface area contributed by atoms with Crippen LogP contribution in [0.25, 0.3) is 11.4 Å². The number of rotatable bonds is 3. The molecule has 2 heterocycles. The molecule has 1 N–H and O–H groups in total. The Balaban J connectivity index is 2.68. The number of carboxylic acid groups (broad SMARTS) is 1. The topological polar surface area (TPSA) is 96.0 Å². The predicted octanol–water partition coefficient (Wildman–Crippen LogP) is 0.867. The van der Waals surface area contributed by atoms with Crippen molar-refractivity contribution in [2.24, 2.45) is 0 Å². The molecule has 0 amide bonds. The fourth-order valence-corrected chi connectivity index (χ4v) is 1.69. The molecule has 2 aromatic heterocycles. The van der Waals surface area contributed by atoms with Crippen LogP contribution in [0, 0.1) is 11.3 Å². The maximum Gasteiger partial charge on any atom is 0.323 e. The standard InChI is InChI=1S/C13H9N3O3/c14-7-9-4-5-11(10-3-1-2-6-15-10)16(13(9)19)8-12(17)18/h1-6H,8H2,(H,17,18). The second kappa shape index (κ2) is 5.14. The van der Waals surface area contributed by atoms with E-state index in [-0.39, 0.29) is 5.56 Å². The highest BCUT2D eigenvalue weighted by molar-refractivity contribution is 5.68. The second-order valence-electron chi connectivity index (χ2n) is 3.74. The number of hydrogen-bond acceptors (Lipinski definition) is 4. The average molecular weight is 255 g/mol. The smallest absolute Gasteiger partial charge is 0.323 e. The fourth-order valence-electron chi connectivity index (χ4n) is 1.69. The van der Waals surface area contributed by atoms with E-state index >= 15 is 0 Å². The van der Waals surface area contributed by atoms with E-state index < -0.39 is 18.1 Å². The van der Waals surface area contributed by atoms with Crippen LogP contribution < -0.4 is 5.56 Å².